The van der Waals surface area contributed by atoms with Crippen LogP contribution in [0.4, 0.5) is 27.8 Å². The van der Waals surface area contributed by atoms with Crippen molar-refractivity contribution in [2.45, 2.75) is 19.2 Å². The molecular weight excluding hydrogens is 293 g/mol. The number of halogens is 5. The van der Waals surface area contributed by atoms with Crippen molar-refractivity contribution in [3.05, 3.63) is 27.3 Å². The molecule has 20 heavy (non-hydrogen) atoms. The van der Waals surface area contributed by atoms with Gasteiger partial charge in [0.25, 0.3) is 6.43 Å². The Balaban J connectivity index is 3.47. The van der Waals surface area contributed by atoms with Crippen LogP contribution in [0.5, 0.6) is 5.88 Å². The van der Waals surface area contributed by atoms with E-state index in [4.69, 9.17) is 5.26 Å². The van der Waals surface area contributed by atoms with Crippen molar-refractivity contribution < 1.29 is 31.6 Å². The van der Waals surface area contributed by atoms with Crippen LogP contribution >= 0.6 is 0 Å². The Morgan fingerprint density at radius 3 is 2.50 bits per heavy atom. The van der Waals surface area contributed by atoms with E-state index in [0.717, 1.165) is 0 Å². The first-order valence-electron chi connectivity index (χ1n) is 4.74. The van der Waals surface area contributed by atoms with Gasteiger partial charge in [-0.2, -0.15) is 5.26 Å². The number of hydrogen-bond acceptors (Lipinski definition) is 5. The van der Waals surface area contributed by atoms with E-state index in [1.54, 1.807) is 0 Å². The van der Waals surface area contributed by atoms with Crippen LogP contribution in [0.15, 0.2) is 6.07 Å². The summed E-state index contributed by atoms with van der Waals surface area (Å²) in [6.07, 6.45) is -9.36. The molecule has 0 spiro atoms. The van der Waals surface area contributed by atoms with Gasteiger partial charge < -0.3 is 14.9 Å². The molecule has 0 aliphatic heterocycles. The van der Waals surface area contributed by atoms with E-state index in [0.29, 0.717) is 0 Å². The summed E-state index contributed by atoms with van der Waals surface area (Å²) in [6.45, 7) is 0. The maximum absolute atomic E-state index is 12.7. The third-order valence-electron chi connectivity index (χ3n) is 2.00. The molecule has 0 aromatic carbocycles. The molecule has 0 unspecified atom stereocenters. The number of pyridine rings is 1. The summed E-state index contributed by atoms with van der Waals surface area (Å²) in [7, 11) is 0. The summed E-state index contributed by atoms with van der Waals surface area (Å²) in [6, 6.07) is 1.62. The Morgan fingerprint density at radius 2 is 2.10 bits per heavy atom. The van der Waals surface area contributed by atoms with Crippen molar-refractivity contribution >= 4 is 5.82 Å². The highest BCUT2D eigenvalue weighted by Gasteiger charge is 2.36. The molecule has 0 aliphatic carbocycles. The number of nitro groups is 1. The molecule has 1 heterocycles. The minimum Gasteiger partial charge on any atom is -0.366 e. The van der Waals surface area contributed by atoms with Crippen LogP contribution in [-0.2, 0) is 6.42 Å². The van der Waals surface area contributed by atoms with Gasteiger partial charge in [-0.3, -0.25) is 0 Å². The van der Waals surface area contributed by atoms with E-state index in [9.17, 15) is 32.1 Å². The van der Waals surface area contributed by atoms with Gasteiger partial charge in [-0.05, 0) is 4.92 Å². The molecule has 0 N–H and O–H groups in total. The summed E-state index contributed by atoms with van der Waals surface area (Å²) >= 11 is 0. The fourth-order valence-corrected chi connectivity index (χ4v) is 1.33. The SMILES string of the molecule is N#CCc1c(C(F)F)cc(OC(F)(F)F)nc1[N+](=O)[O-]. The second kappa shape index (κ2) is 5.64. The van der Waals surface area contributed by atoms with Crippen molar-refractivity contribution in [3.63, 3.8) is 0 Å². The van der Waals surface area contributed by atoms with E-state index in [1.165, 1.54) is 6.07 Å². The second-order valence-electron chi connectivity index (χ2n) is 3.29. The van der Waals surface area contributed by atoms with Gasteiger partial charge in [-0.15, -0.1) is 13.2 Å². The number of nitrogens with zero attached hydrogens (tertiary/aromatic N) is 3. The van der Waals surface area contributed by atoms with Crippen molar-refractivity contribution in [1.29, 1.82) is 5.26 Å². The summed E-state index contributed by atoms with van der Waals surface area (Å²) < 4.78 is 64.7. The molecule has 6 nitrogen and oxygen atoms in total. The minimum atomic E-state index is -5.24. The molecule has 0 radical (unpaired) electrons. The largest absolute Gasteiger partial charge is 0.575 e. The molecule has 11 heteroatoms. The third kappa shape index (κ3) is 3.74. The van der Waals surface area contributed by atoms with Gasteiger partial charge in [0.05, 0.1) is 18.1 Å². The van der Waals surface area contributed by atoms with Gasteiger partial charge in [-0.25, -0.2) is 8.78 Å². The summed E-state index contributed by atoms with van der Waals surface area (Å²) in [5.41, 5.74) is -1.85. The number of aromatic nitrogens is 1. The standard InChI is InChI=1S/C9H4F5N3O3/c10-7(11)5-3-6(20-9(12,13)14)16-8(17(18)19)4(5)1-2-15/h3,7H,1H2. The maximum Gasteiger partial charge on any atom is 0.575 e. The van der Waals surface area contributed by atoms with E-state index in [1.807, 2.05) is 0 Å². The average Bonchev–Trinajstić information content (AvgIpc) is 2.28. The number of ether oxygens (including phenoxy) is 1. The molecule has 0 amide bonds. The van der Waals surface area contributed by atoms with Crippen LogP contribution < -0.4 is 4.74 Å². The quantitative estimate of drug-likeness (QED) is 0.484. The van der Waals surface area contributed by atoms with Crippen LogP contribution in [0, 0.1) is 21.4 Å². The Hall–Kier alpha value is -2.51. The lowest BCUT2D eigenvalue weighted by atomic mass is 10.1. The van der Waals surface area contributed by atoms with E-state index in [-0.39, 0.29) is 6.07 Å². The fourth-order valence-electron chi connectivity index (χ4n) is 1.33. The zero-order valence-corrected chi connectivity index (χ0v) is 9.32. The Morgan fingerprint density at radius 1 is 1.50 bits per heavy atom. The highest BCUT2D eigenvalue weighted by Crippen LogP contribution is 2.33. The van der Waals surface area contributed by atoms with Crippen LogP contribution in [0.25, 0.3) is 0 Å². The molecule has 108 valence electrons. The first-order valence-corrected chi connectivity index (χ1v) is 4.74. The number of rotatable bonds is 4. The molecular formula is C9H4F5N3O3. The zero-order valence-electron chi connectivity index (χ0n) is 9.32. The zero-order chi connectivity index (χ0) is 15.5. The second-order valence-corrected chi connectivity index (χ2v) is 3.29. The van der Waals surface area contributed by atoms with Gasteiger partial charge in [0.1, 0.15) is 0 Å². The fraction of sp³-hybridized carbons (Fsp3) is 0.333. The lowest BCUT2D eigenvalue weighted by molar-refractivity contribution is -0.390. The molecule has 0 atom stereocenters. The number of nitriles is 1. The van der Waals surface area contributed by atoms with Gasteiger partial charge >= 0.3 is 18.1 Å². The summed E-state index contributed by atoms with van der Waals surface area (Å²) in [4.78, 5) is 12.3. The number of hydrogen-bond donors (Lipinski definition) is 0. The van der Waals surface area contributed by atoms with Gasteiger partial charge in [0, 0.05) is 16.6 Å². The van der Waals surface area contributed by atoms with Crippen molar-refractivity contribution in [3.8, 4) is 11.9 Å². The predicted octanol–water partition coefficient (Wildman–Crippen LogP) is 2.89. The van der Waals surface area contributed by atoms with Gasteiger partial charge in [0.2, 0.25) is 0 Å². The van der Waals surface area contributed by atoms with Crippen LogP contribution in [0.3, 0.4) is 0 Å². The molecule has 1 aromatic heterocycles. The van der Waals surface area contributed by atoms with E-state index in [2.05, 4.69) is 9.72 Å². The Labute approximate surface area is 107 Å². The smallest absolute Gasteiger partial charge is 0.366 e. The Bertz CT molecular complexity index is 567. The maximum atomic E-state index is 12.7. The first-order chi connectivity index (χ1) is 9.15. The lowest BCUT2D eigenvalue weighted by Crippen LogP contribution is -2.19. The van der Waals surface area contributed by atoms with Crippen LogP contribution in [0.2, 0.25) is 0 Å². The highest BCUT2D eigenvalue weighted by molar-refractivity contribution is 5.45. The molecule has 1 rings (SSSR count). The predicted molar refractivity (Wildman–Crippen MR) is 51.8 cm³/mol. The monoisotopic (exact) mass is 297 g/mol. The number of alkyl halides is 5. The summed E-state index contributed by atoms with van der Waals surface area (Å²) in [5, 5.41) is 19.1. The molecule has 0 bridgehead atoms. The average molecular weight is 297 g/mol. The van der Waals surface area contributed by atoms with Crippen molar-refractivity contribution in [2.75, 3.05) is 0 Å². The third-order valence-corrected chi connectivity index (χ3v) is 2.00. The molecule has 0 saturated heterocycles. The lowest BCUT2D eigenvalue weighted by Gasteiger charge is -2.09. The van der Waals surface area contributed by atoms with Crippen LogP contribution in [0.1, 0.15) is 17.6 Å². The normalized spacial score (nSPS) is 11.2. The molecule has 1 aromatic rings. The summed E-state index contributed by atoms with van der Waals surface area (Å²) in [5.74, 6) is -2.66. The topological polar surface area (TPSA) is 89.0 Å². The van der Waals surface area contributed by atoms with Crippen molar-refractivity contribution in [2.24, 2.45) is 0 Å². The van der Waals surface area contributed by atoms with Crippen molar-refractivity contribution in [1.82, 2.24) is 4.98 Å². The minimum absolute atomic E-state index is 0.220. The molecule has 0 fully saturated rings. The molecule has 0 aliphatic rings. The van der Waals surface area contributed by atoms with Crippen LogP contribution in [-0.4, -0.2) is 16.3 Å². The molecule has 0 saturated carbocycles. The first kappa shape index (κ1) is 15.5. The highest BCUT2D eigenvalue weighted by atomic mass is 19.4. The van der Waals surface area contributed by atoms with Gasteiger partial charge in [-0.1, -0.05) is 0 Å². The Kier molecular flexibility index (Phi) is 4.38. The van der Waals surface area contributed by atoms with E-state index < -0.39 is 47.0 Å². The van der Waals surface area contributed by atoms with E-state index >= 15 is 0 Å². The van der Waals surface area contributed by atoms with Gasteiger partial charge in [0.15, 0.2) is 0 Å².